The summed E-state index contributed by atoms with van der Waals surface area (Å²) >= 11 is 0. The zero-order valence-electron chi connectivity index (χ0n) is 17.4. The molecule has 0 saturated carbocycles. The van der Waals surface area contributed by atoms with Gasteiger partial charge in [0.05, 0.1) is 39.1 Å². The van der Waals surface area contributed by atoms with E-state index in [9.17, 15) is 26.4 Å². The second kappa shape index (κ2) is 8.30. The monoisotopic (exact) mass is 466 g/mol. The SMILES string of the molecule is CC(C)(C)n1cc(NC(=O)c2ccccc2NS(=O)(=O)c2cccc(C(F)(F)F)c2)cn1. The maximum absolute atomic E-state index is 13.0. The van der Waals surface area contributed by atoms with Gasteiger partial charge in [0.15, 0.2) is 0 Å². The number of carbonyl (C=O) groups excluding carboxylic acids is 1. The molecule has 0 aliphatic rings. The summed E-state index contributed by atoms with van der Waals surface area (Å²) in [6, 6.07) is 9.13. The van der Waals surface area contributed by atoms with Gasteiger partial charge in [-0.25, -0.2) is 8.42 Å². The molecule has 3 rings (SSSR count). The summed E-state index contributed by atoms with van der Waals surface area (Å²) in [5, 5.41) is 6.82. The number of para-hydroxylation sites is 1. The van der Waals surface area contributed by atoms with Crippen LogP contribution in [0.2, 0.25) is 0 Å². The van der Waals surface area contributed by atoms with Crippen LogP contribution in [0.15, 0.2) is 65.8 Å². The zero-order chi connectivity index (χ0) is 23.7. The first-order valence-corrected chi connectivity index (χ1v) is 10.9. The highest BCUT2D eigenvalue weighted by Crippen LogP contribution is 2.31. The fraction of sp³-hybridized carbons (Fsp3) is 0.238. The summed E-state index contributed by atoms with van der Waals surface area (Å²) in [4.78, 5) is 12.2. The number of amides is 1. The van der Waals surface area contributed by atoms with Crippen molar-refractivity contribution < 1.29 is 26.4 Å². The second-order valence-corrected chi connectivity index (χ2v) is 9.66. The predicted molar refractivity (Wildman–Crippen MR) is 114 cm³/mol. The molecular formula is C21H21F3N4O3S. The van der Waals surface area contributed by atoms with Crippen molar-refractivity contribution in [3.05, 3.63) is 72.1 Å². The quantitative estimate of drug-likeness (QED) is 0.570. The molecule has 1 amide bonds. The molecule has 0 radical (unpaired) electrons. The van der Waals surface area contributed by atoms with E-state index in [4.69, 9.17) is 0 Å². The fourth-order valence-electron chi connectivity index (χ4n) is 2.77. The highest BCUT2D eigenvalue weighted by Gasteiger charge is 2.32. The number of alkyl halides is 3. The van der Waals surface area contributed by atoms with Gasteiger partial charge in [0.25, 0.3) is 15.9 Å². The Hall–Kier alpha value is -3.34. The Morgan fingerprint density at radius 2 is 1.72 bits per heavy atom. The minimum absolute atomic E-state index is 0.00782. The number of halogens is 3. The summed E-state index contributed by atoms with van der Waals surface area (Å²) < 4.78 is 68.1. The van der Waals surface area contributed by atoms with E-state index in [1.807, 2.05) is 20.8 Å². The maximum Gasteiger partial charge on any atom is 0.416 e. The minimum Gasteiger partial charge on any atom is -0.319 e. The maximum atomic E-state index is 13.0. The van der Waals surface area contributed by atoms with E-state index in [-0.39, 0.29) is 16.8 Å². The number of benzene rings is 2. The van der Waals surface area contributed by atoms with Crippen LogP contribution < -0.4 is 10.0 Å². The summed E-state index contributed by atoms with van der Waals surface area (Å²) in [7, 11) is -4.39. The van der Waals surface area contributed by atoms with Crippen molar-refractivity contribution in [2.24, 2.45) is 0 Å². The Bertz CT molecular complexity index is 1250. The number of nitrogens with zero attached hydrogens (tertiary/aromatic N) is 2. The lowest BCUT2D eigenvalue weighted by Gasteiger charge is -2.18. The lowest BCUT2D eigenvalue weighted by Crippen LogP contribution is -2.22. The summed E-state index contributed by atoms with van der Waals surface area (Å²) in [6.45, 7) is 5.80. The largest absolute Gasteiger partial charge is 0.416 e. The van der Waals surface area contributed by atoms with Gasteiger partial charge < -0.3 is 5.32 Å². The molecule has 170 valence electrons. The number of hydrogen-bond acceptors (Lipinski definition) is 4. The van der Waals surface area contributed by atoms with Gasteiger partial charge in [0.2, 0.25) is 0 Å². The summed E-state index contributed by atoms with van der Waals surface area (Å²) in [5.41, 5.74) is -1.08. The van der Waals surface area contributed by atoms with Crippen LogP contribution in [-0.2, 0) is 21.7 Å². The zero-order valence-corrected chi connectivity index (χ0v) is 18.3. The average Bonchev–Trinajstić information content (AvgIpc) is 3.16. The molecule has 0 atom stereocenters. The molecule has 3 aromatic rings. The molecule has 2 N–H and O–H groups in total. The molecule has 0 fully saturated rings. The molecule has 0 bridgehead atoms. The van der Waals surface area contributed by atoms with Gasteiger partial charge in [-0.3, -0.25) is 14.2 Å². The lowest BCUT2D eigenvalue weighted by molar-refractivity contribution is -0.137. The normalized spacial score (nSPS) is 12.4. The molecule has 0 spiro atoms. The van der Waals surface area contributed by atoms with E-state index in [2.05, 4.69) is 15.1 Å². The molecule has 7 nitrogen and oxygen atoms in total. The first-order chi connectivity index (χ1) is 14.8. The number of sulfonamides is 1. The molecule has 11 heteroatoms. The number of carbonyl (C=O) groups is 1. The second-order valence-electron chi connectivity index (χ2n) is 7.98. The van der Waals surface area contributed by atoms with Crippen molar-refractivity contribution in [3.8, 4) is 0 Å². The van der Waals surface area contributed by atoms with Gasteiger partial charge in [0.1, 0.15) is 0 Å². The highest BCUT2D eigenvalue weighted by atomic mass is 32.2. The van der Waals surface area contributed by atoms with Crippen molar-refractivity contribution in [2.75, 3.05) is 10.0 Å². The Labute approximate surface area is 183 Å². The fourth-order valence-corrected chi connectivity index (χ4v) is 3.89. The number of nitrogens with one attached hydrogen (secondary N) is 2. The van der Waals surface area contributed by atoms with E-state index in [0.717, 1.165) is 18.2 Å². The number of aromatic nitrogens is 2. The van der Waals surface area contributed by atoms with Crippen LogP contribution in [0.4, 0.5) is 24.5 Å². The van der Waals surface area contributed by atoms with Gasteiger partial charge >= 0.3 is 6.18 Å². The van der Waals surface area contributed by atoms with E-state index in [0.29, 0.717) is 11.8 Å². The van der Waals surface area contributed by atoms with Gasteiger partial charge in [-0.05, 0) is 51.1 Å². The topological polar surface area (TPSA) is 93.1 Å². The molecule has 32 heavy (non-hydrogen) atoms. The Kier molecular flexibility index (Phi) is 6.05. The molecule has 2 aromatic carbocycles. The van der Waals surface area contributed by atoms with E-state index in [1.165, 1.54) is 30.5 Å². The van der Waals surface area contributed by atoms with Crippen LogP contribution in [0, 0.1) is 0 Å². The smallest absolute Gasteiger partial charge is 0.319 e. The van der Waals surface area contributed by atoms with Crippen molar-refractivity contribution >= 4 is 27.3 Å². The van der Waals surface area contributed by atoms with Gasteiger partial charge in [-0.2, -0.15) is 18.3 Å². The first-order valence-electron chi connectivity index (χ1n) is 9.43. The van der Waals surface area contributed by atoms with Crippen LogP contribution in [-0.4, -0.2) is 24.1 Å². The summed E-state index contributed by atoms with van der Waals surface area (Å²) in [5.74, 6) is -0.610. The Morgan fingerprint density at radius 3 is 2.34 bits per heavy atom. The third kappa shape index (κ3) is 5.28. The van der Waals surface area contributed by atoms with Crippen LogP contribution in [0.5, 0.6) is 0 Å². The van der Waals surface area contributed by atoms with Gasteiger partial charge in [-0.15, -0.1) is 0 Å². The Morgan fingerprint density at radius 1 is 1.03 bits per heavy atom. The van der Waals surface area contributed by atoms with Gasteiger partial charge in [-0.1, -0.05) is 18.2 Å². The van der Waals surface area contributed by atoms with E-state index >= 15 is 0 Å². The molecule has 1 aromatic heterocycles. The highest BCUT2D eigenvalue weighted by molar-refractivity contribution is 7.92. The van der Waals surface area contributed by atoms with Crippen molar-refractivity contribution in [1.29, 1.82) is 0 Å². The minimum atomic E-state index is -4.69. The molecule has 0 unspecified atom stereocenters. The molecule has 1 heterocycles. The Balaban J connectivity index is 1.87. The molecular weight excluding hydrogens is 445 g/mol. The number of rotatable bonds is 5. The van der Waals surface area contributed by atoms with Crippen LogP contribution in [0.3, 0.4) is 0 Å². The van der Waals surface area contributed by atoms with E-state index < -0.39 is 32.6 Å². The van der Waals surface area contributed by atoms with Crippen LogP contribution in [0.25, 0.3) is 0 Å². The van der Waals surface area contributed by atoms with Crippen LogP contribution >= 0.6 is 0 Å². The third-order valence-electron chi connectivity index (χ3n) is 4.42. The number of hydrogen-bond donors (Lipinski definition) is 2. The average molecular weight is 466 g/mol. The van der Waals surface area contributed by atoms with Crippen LogP contribution in [0.1, 0.15) is 36.7 Å². The summed E-state index contributed by atoms with van der Waals surface area (Å²) in [6.07, 6.45) is -1.60. The molecule has 0 saturated heterocycles. The number of anilines is 2. The standard InChI is InChI=1S/C21H21F3N4O3S/c1-20(2,3)28-13-15(12-25-28)26-19(29)17-9-4-5-10-18(17)27-32(30,31)16-8-6-7-14(11-16)21(22,23)24/h4-13,27H,1-3H3,(H,26,29). The lowest BCUT2D eigenvalue weighted by atomic mass is 10.1. The third-order valence-corrected chi connectivity index (χ3v) is 5.78. The predicted octanol–water partition coefficient (Wildman–Crippen LogP) is 4.71. The van der Waals surface area contributed by atoms with Crippen molar-refractivity contribution in [1.82, 2.24) is 9.78 Å². The molecule has 0 aliphatic carbocycles. The van der Waals surface area contributed by atoms with Crippen molar-refractivity contribution in [3.63, 3.8) is 0 Å². The molecule has 0 aliphatic heterocycles. The van der Waals surface area contributed by atoms with Crippen molar-refractivity contribution in [2.45, 2.75) is 37.4 Å². The van der Waals surface area contributed by atoms with E-state index in [1.54, 1.807) is 10.9 Å². The first kappa shape index (κ1) is 23.3. The van der Waals surface area contributed by atoms with Gasteiger partial charge in [0, 0.05) is 6.20 Å².